The summed E-state index contributed by atoms with van der Waals surface area (Å²) < 4.78 is 13.8. The summed E-state index contributed by atoms with van der Waals surface area (Å²) in [6.45, 7) is 1.82. The largest absolute Gasteiger partial charge is 0.287 e. The van der Waals surface area contributed by atoms with E-state index in [2.05, 4.69) is 4.98 Å². The van der Waals surface area contributed by atoms with E-state index in [0.717, 1.165) is 16.5 Å². The predicted molar refractivity (Wildman–Crippen MR) is 76.3 cm³/mol. The molecule has 0 aliphatic rings. The van der Waals surface area contributed by atoms with Gasteiger partial charge in [-0.15, -0.1) is 0 Å². The standard InChI is InChI=1S/C17H12FNO/c1-11-6-8-14(18)13(10-11)17(20)16-9-7-12-4-2-3-5-15(12)19-16/h2-10H,1H3. The number of ketones is 1. The molecule has 2 nitrogen and oxygen atoms in total. The van der Waals surface area contributed by atoms with Crippen LogP contribution >= 0.6 is 0 Å². The summed E-state index contributed by atoms with van der Waals surface area (Å²) in [4.78, 5) is 16.7. The second-order valence-electron chi connectivity index (χ2n) is 4.70. The van der Waals surface area contributed by atoms with Crippen molar-refractivity contribution in [1.82, 2.24) is 4.98 Å². The highest BCUT2D eigenvalue weighted by Crippen LogP contribution is 2.17. The van der Waals surface area contributed by atoms with Crippen molar-refractivity contribution in [2.75, 3.05) is 0 Å². The Morgan fingerprint density at radius 2 is 1.85 bits per heavy atom. The Bertz CT molecular complexity index is 811. The molecular weight excluding hydrogens is 253 g/mol. The van der Waals surface area contributed by atoms with Gasteiger partial charge in [-0.05, 0) is 31.2 Å². The molecule has 0 aliphatic heterocycles. The Labute approximate surface area is 115 Å². The number of carbonyl (C=O) groups excluding carboxylic acids is 1. The molecule has 0 aliphatic carbocycles. The van der Waals surface area contributed by atoms with Crippen molar-refractivity contribution in [3.8, 4) is 0 Å². The Kier molecular flexibility index (Phi) is 3.03. The first-order chi connectivity index (χ1) is 9.65. The highest BCUT2D eigenvalue weighted by Gasteiger charge is 2.15. The SMILES string of the molecule is Cc1ccc(F)c(C(=O)c2ccc3ccccc3n2)c1. The van der Waals surface area contributed by atoms with Gasteiger partial charge in [-0.3, -0.25) is 4.79 Å². The zero-order valence-electron chi connectivity index (χ0n) is 10.9. The quantitative estimate of drug-likeness (QED) is 0.657. The predicted octanol–water partition coefficient (Wildman–Crippen LogP) is 3.91. The number of pyridine rings is 1. The summed E-state index contributed by atoms with van der Waals surface area (Å²) in [6, 6.07) is 15.5. The fourth-order valence-corrected chi connectivity index (χ4v) is 2.14. The Morgan fingerprint density at radius 1 is 1.05 bits per heavy atom. The van der Waals surface area contributed by atoms with Gasteiger partial charge >= 0.3 is 0 Å². The van der Waals surface area contributed by atoms with Gasteiger partial charge in [-0.1, -0.05) is 35.9 Å². The van der Waals surface area contributed by atoms with Crippen molar-refractivity contribution in [2.45, 2.75) is 6.92 Å². The molecule has 2 aromatic carbocycles. The number of fused-ring (bicyclic) bond motifs is 1. The molecule has 1 heterocycles. The van der Waals surface area contributed by atoms with Crippen LogP contribution in [-0.2, 0) is 0 Å². The molecule has 3 rings (SSSR count). The van der Waals surface area contributed by atoms with Gasteiger partial charge in [-0.25, -0.2) is 9.37 Å². The van der Waals surface area contributed by atoms with Gasteiger partial charge in [0, 0.05) is 5.39 Å². The van der Waals surface area contributed by atoms with Crippen molar-refractivity contribution < 1.29 is 9.18 Å². The maximum absolute atomic E-state index is 13.8. The number of carbonyl (C=O) groups is 1. The summed E-state index contributed by atoms with van der Waals surface area (Å²) in [7, 11) is 0. The lowest BCUT2D eigenvalue weighted by atomic mass is 10.0. The molecular formula is C17H12FNO. The van der Waals surface area contributed by atoms with Crippen LogP contribution in [0.4, 0.5) is 4.39 Å². The Balaban J connectivity index is 2.10. The number of rotatable bonds is 2. The van der Waals surface area contributed by atoms with Gasteiger partial charge in [0.1, 0.15) is 11.5 Å². The van der Waals surface area contributed by atoms with Crippen LogP contribution in [0.15, 0.2) is 54.6 Å². The Hall–Kier alpha value is -2.55. The van der Waals surface area contributed by atoms with Gasteiger partial charge in [-0.2, -0.15) is 0 Å². The molecule has 0 saturated heterocycles. The van der Waals surface area contributed by atoms with Crippen molar-refractivity contribution in [2.24, 2.45) is 0 Å². The molecule has 3 heteroatoms. The van der Waals surface area contributed by atoms with Crippen molar-refractivity contribution in [3.63, 3.8) is 0 Å². The summed E-state index contributed by atoms with van der Waals surface area (Å²) in [5.74, 6) is -0.910. The fraction of sp³-hybridized carbons (Fsp3) is 0.0588. The molecule has 0 saturated carbocycles. The molecule has 20 heavy (non-hydrogen) atoms. The molecule has 0 amide bonds. The van der Waals surface area contributed by atoms with Gasteiger partial charge < -0.3 is 0 Å². The van der Waals surface area contributed by atoms with Crippen molar-refractivity contribution in [3.05, 3.63) is 77.2 Å². The number of hydrogen-bond donors (Lipinski definition) is 0. The maximum Gasteiger partial charge on any atom is 0.214 e. The highest BCUT2D eigenvalue weighted by molar-refractivity contribution is 6.08. The monoisotopic (exact) mass is 265 g/mol. The van der Waals surface area contributed by atoms with Crippen LogP contribution in [0.3, 0.4) is 0 Å². The number of halogens is 1. The minimum Gasteiger partial charge on any atom is -0.287 e. The first-order valence-corrected chi connectivity index (χ1v) is 6.32. The summed E-state index contributed by atoms with van der Waals surface area (Å²) in [5, 5.41) is 0.953. The number of benzene rings is 2. The molecule has 0 atom stereocenters. The van der Waals surface area contributed by atoms with Crippen molar-refractivity contribution in [1.29, 1.82) is 0 Å². The van der Waals surface area contributed by atoms with Crippen LogP contribution in [-0.4, -0.2) is 10.8 Å². The number of aromatic nitrogens is 1. The van der Waals surface area contributed by atoms with Crippen LogP contribution in [0.2, 0.25) is 0 Å². The maximum atomic E-state index is 13.8. The van der Waals surface area contributed by atoms with Gasteiger partial charge in [0.25, 0.3) is 0 Å². The van der Waals surface area contributed by atoms with Crippen molar-refractivity contribution >= 4 is 16.7 Å². The molecule has 1 aromatic heterocycles. The topological polar surface area (TPSA) is 30.0 Å². The average Bonchev–Trinajstić information content (AvgIpc) is 2.48. The number of aryl methyl sites for hydroxylation is 1. The van der Waals surface area contributed by atoms with Crippen LogP contribution in [0.5, 0.6) is 0 Å². The van der Waals surface area contributed by atoms with E-state index in [4.69, 9.17) is 0 Å². The van der Waals surface area contributed by atoms with Crippen LogP contribution < -0.4 is 0 Å². The summed E-state index contributed by atoms with van der Waals surface area (Å²) in [6.07, 6.45) is 0. The molecule has 0 N–H and O–H groups in total. The third-order valence-electron chi connectivity index (χ3n) is 3.20. The van der Waals surface area contributed by atoms with E-state index in [1.54, 1.807) is 18.2 Å². The second kappa shape index (κ2) is 4.85. The van der Waals surface area contributed by atoms with Gasteiger partial charge in [0.2, 0.25) is 5.78 Å². The number of nitrogens with zero attached hydrogens (tertiary/aromatic N) is 1. The number of hydrogen-bond acceptors (Lipinski definition) is 2. The summed E-state index contributed by atoms with van der Waals surface area (Å²) >= 11 is 0. The highest BCUT2D eigenvalue weighted by atomic mass is 19.1. The first kappa shape index (κ1) is 12.5. The normalized spacial score (nSPS) is 10.7. The first-order valence-electron chi connectivity index (χ1n) is 6.32. The van der Waals surface area contributed by atoms with Crippen LogP contribution in [0, 0.1) is 12.7 Å². The lowest BCUT2D eigenvalue weighted by Gasteiger charge is -2.05. The molecule has 0 bridgehead atoms. The zero-order valence-corrected chi connectivity index (χ0v) is 10.9. The van der Waals surface area contributed by atoms with E-state index in [-0.39, 0.29) is 11.3 Å². The number of para-hydroxylation sites is 1. The third kappa shape index (κ3) is 2.18. The van der Waals surface area contributed by atoms with Crippen LogP contribution in [0.25, 0.3) is 10.9 Å². The van der Waals surface area contributed by atoms with E-state index < -0.39 is 11.6 Å². The minimum absolute atomic E-state index is 0.0628. The zero-order chi connectivity index (χ0) is 14.1. The minimum atomic E-state index is -0.518. The Morgan fingerprint density at radius 3 is 2.70 bits per heavy atom. The van der Waals surface area contributed by atoms with Gasteiger partial charge in [0.05, 0.1) is 11.1 Å². The molecule has 3 aromatic rings. The average molecular weight is 265 g/mol. The molecule has 0 unspecified atom stereocenters. The molecule has 0 radical (unpaired) electrons. The van der Waals surface area contributed by atoms with Gasteiger partial charge in [0.15, 0.2) is 0 Å². The lowest BCUT2D eigenvalue weighted by molar-refractivity contribution is 0.103. The molecule has 98 valence electrons. The third-order valence-corrected chi connectivity index (χ3v) is 3.20. The van der Waals surface area contributed by atoms with E-state index in [0.29, 0.717) is 0 Å². The smallest absolute Gasteiger partial charge is 0.214 e. The lowest BCUT2D eigenvalue weighted by Crippen LogP contribution is -2.07. The molecule has 0 fully saturated rings. The summed E-state index contributed by atoms with van der Waals surface area (Å²) in [5.41, 5.74) is 1.89. The van der Waals surface area contributed by atoms with E-state index in [1.165, 1.54) is 6.07 Å². The van der Waals surface area contributed by atoms with Crippen LogP contribution in [0.1, 0.15) is 21.6 Å². The second-order valence-corrected chi connectivity index (χ2v) is 4.70. The van der Waals surface area contributed by atoms with E-state index in [1.807, 2.05) is 37.3 Å². The fourth-order valence-electron chi connectivity index (χ4n) is 2.14. The van der Waals surface area contributed by atoms with E-state index >= 15 is 0 Å². The van der Waals surface area contributed by atoms with E-state index in [9.17, 15) is 9.18 Å². The molecule has 0 spiro atoms.